The molecule has 0 unspecified atom stereocenters. The summed E-state index contributed by atoms with van der Waals surface area (Å²) >= 11 is 0. The zero-order chi connectivity index (χ0) is 13.1. The quantitative estimate of drug-likeness (QED) is 0.822. The second-order valence-corrected chi connectivity index (χ2v) is 3.94. The van der Waals surface area contributed by atoms with Crippen LogP contribution in [0.4, 0.5) is 0 Å². The average molecular weight is 247 g/mol. The predicted octanol–water partition coefficient (Wildman–Crippen LogP) is 2.20. The van der Waals surface area contributed by atoms with E-state index in [0.717, 1.165) is 18.3 Å². The fourth-order valence-electron chi connectivity index (χ4n) is 1.76. The number of nitrogens with zero attached hydrogens (tertiary/aromatic N) is 1. The van der Waals surface area contributed by atoms with Gasteiger partial charge in [0.2, 0.25) is 5.76 Å². The maximum Gasteiger partial charge on any atom is 0.371 e. The summed E-state index contributed by atoms with van der Waals surface area (Å²) in [5.41, 5.74) is 1.61. The van der Waals surface area contributed by atoms with Gasteiger partial charge < -0.3 is 14.1 Å². The van der Waals surface area contributed by atoms with E-state index in [1.165, 1.54) is 6.07 Å². The molecule has 0 fully saturated rings. The monoisotopic (exact) mass is 247 g/mol. The van der Waals surface area contributed by atoms with Crippen molar-refractivity contribution >= 4 is 12.3 Å². The molecule has 5 heteroatoms. The molecule has 0 amide bonds. The van der Waals surface area contributed by atoms with Crippen LogP contribution in [0.5, 0.6) is 0 Å². The van der Waals surface area contributed by atoms with E-state index >= 15 is 0 Å². The first-order chi connectivity index (χ1) is 8.63. The average Bonchev–Trinajstić information content (AvgIpc) is 2.96. The van der Waals surface area contributed by atoms with Crippen molar-refractivity contribution in [3.05, 3.63) is 47.2 Å². The molecular formula is C13H13NO4. The molecule has 0 saturated heterocycles. The lowest BCUT2D eigenvalue weighted by molar-refractivity contribution is 0.0660. The van der Waals surface area contributed by atoms with Gasteiger partial charge in [-0.15, -0.1) is 0 Å². The molecule has 2 rings (SSSR count). The Labute approximate surface area is 104 Å². The number of aldehydes is 1. The van der Waals surface area contributed by atoms with E-state index in [1.54, 1.807) is 10.6 Å². The van der Waals surface area contributed by atoms with Gasteiger partial charge in [-0.05, 0) is 30.2 Å². The summed E-state index contributed by atoms with van der Waals surface area (Å²) in [5, 5.41) is 8.75. The first kappa shape index (κ1) is 12.2. The van der Waals surface area contributed by atoms with Gasteiger partial charge in [-0.1, -0.05) is 6.92 Å². The number of aromatic carboxylic acids is 1. The number of hydrogen-bond acceptors (Lipinski definition) is 3. The van der Waals surface area contributed by atoms with Gasteiger partial charge in [-0.3, -0.25) is 4.79 Å². The van der Waals surface area contributed by atoms with Gasteiger partial charge in [0.1, 0.15) is 5.76 Å². The minimum absolute atomic E-state index is 0.0967. The summed E-state index contributed by atoms with van der Waals surface area (Å²) in [6.07, 6.45) is 3.49. The summed E-state index contributed by atoms with van der Waals surface area (Å²) in [4.78, 5) is 21.6. The molecule has 0 aliphatic heterocycles. The van der Waals surface area contributed by atoms with Crippen LogP contribution in [-0.2, 0) is 13.0 Å². The van der Waals surface area contributed by atoms with Crippen LogP contribution in [0.2, 0.25) is 0 Å². The lowest BCUT2D eigenvalue weighted by Crippen LogP contribution is -2.01. The fraction of sp³-hybridized carbons (Fsp3) is 0.231. The van der Waals surface area contributed by atoms with Gasteiger partial charge in [-0.25, -0.2) is 4.79 Å². The van der Waals surface area contributed by atoms with Crippen LogP contribution in [0.3, 0.4) is 0 Å². The maximum absolute atomic E-state index is 10.9. The topological polar surface area (TPSA) is 72.4 Å². The van der Waals surface area contributed by atoms with E-state index in [9.17, 15) is 9.59 Å². The van der Waals surface area contributed by atoms with Crippen LogP contribution < -0.4 is 0 Å². The zero-order valence-electron chi connectivity index (χ0n) is 9.92. The molecule has 0 saturated carbocycles. The maximum atomic E-state index is 10.9. The standard InChI is InChI=1S/C13H13NO4/c1-2-9-5-10(8-15)14(6-9)7-11-3-4-12(18-11)13(16)17/h3-6,8H,2,7H2,1H3,(H,16,17). The van der Waals surface area contributed by atoms with Crippen molar-refractivity contribution in [3.63, 3.8) is 0 Å². The van der Waals surface area contributed by atoms with Crippen LogP contribution in [0.25, 0.3) is 0 Å². The van der Waals surface area contributed by atoms with Gasteiger partial charge in [-0.2, -0.15) is 0 Å². The molecule has 94 valence electrons. The van der Waals surface area contributed by atoms with Crippen molar-refractivity contribution in [3.8, 4) is 0 Å². The van der Waals surface area contributed by atoms with Crippen LogP contribution in [0, 0.1) is 0 Å². The summed E-state index contributed by atoms with van der Waals surface area (Å²) in [5.74, 6) is -0.687. The first-order valence-electron chi connectivity index (χ1n) is 5.60. The van der Waals surface area contributed by atoms with E-state index in [-0.39, 0.29) is 5.76 Å². The Kier molecular flexibility index (Phi) is 3.32. The fourth-order valence-corrected chi connectivity index (χ4v) is 1.76. The highest BCUT2D eigenvalue weighted by atomic mass is 16.4. The molecule has 1 N–H and O–H groups in total. The number of hydrogen-bond donors (Lipinski definition) is 1. The number of carbonyl (C=O) groups is 2. The van der Waals surface area contributed by atoms with E-state index in [4.69, 9.17) is 9.52 Å². The number of aromatic nitrogens is 1. The van der Waals surface area contributed by atoms with Crippen molar-refractivity contribution in [2.45, 2.75) is 19.9 Å². The number of furan rings is 1. The molecule has 0 spiro atoms. The Morgan fingerprint density at radius 2 is 2.28 bits per heavy atom. The highest BCUT2D eigenvalue weighted by molar-refractivity contribution is 5.84. The number of aryl methyl sites for hydroxylation is 1. The third-order valence-corrected chi connectivity index (χ3v) is 2.71. The van der Waals surface area contributed by atoms with Gasteiger partial charge >= 0.3 is 5.97 Å². The molecule has 0 aliphatic carbocycles. The molecule has 0 aromatic carbocycles. The summed E-state index contributed by atoms with van der Waals surface area (Å²) in [6.45, 7) is 2.35. The lowest BCUT2D eigenvalue weighted by Gasteiger charge is -2.01. The van der Waals surface area contributed by atoms with Crippen molar-refractivity contribution in [1.82, 2.24) is 4.57 Å². The molecule has 0 aliphatic rings. The molecule has 18 heavy (non-hydrogen) atoms. The first-order valence-corrected chi connectivity index (χ1v) is 5.60. The van der Waals surface area contributed by atoms with Crippen molar-refractivity contribution in [1.29, 1.82) is 0 Å². The Morgan fingerprint density at radius 3 is 2.83 bits per heavy atom. The van der Waals surface area contributed by atoms with Gasteiger partial charge in [0.15, 0.2) is 6.29 Å². The molecule has 5 nitrogen and oxygen atoms in total. The smallest absolute Gasteiger partial charge is 0.371 e. The largest absolute Gasteiger partial charge is 0.475 e. The Balaban J connectivity index is 2.24. The molecule has 2 aromatic rings. The molecule has 0 bridgehead atoms. The molecule has 0 atom stereocenters. The van der Waals surface area contributed by atoms with E-state index < -0.39 is 5.97 Å². The van der Waals surface area contributed by atoms with Crippen LogP contribution in [0.15, 0.2) is 28.8 Å². The van der Waals surface area contributed by atoms with E-state index in [0.29, 0.717) is 18.0 Å². The summed E-state index contributed by atoms with van der Waals surface area (Å²) in [6, 6.07) is 4.82. The Hall–Kier alpha value is -2.30. The minimum Gasteiger partial charge on any atom is -0.475 e. The minimum atomic E-state index is -1.10. The summed E-state index contributed by atoms with van der Waals surface area (Å²) < 4.78 is 6.90. The number of carboxylic acids is 1. The highest BCUT2D eigenvalue weighted by Gasteiger charge is 2.11. The van der Waals surface area contributed by atoms with E-state index in [1.807, 2.05) is 19.2 Å². The molecule has 2 aromatic heterocycles. The van der Waals surface area contributed by atoms with Crippen molar-refractivity contribution < 1.29 is 19.1 Å². The van der Waals surface area contributed by atoms with E-state index in [2.05, 4.69) is 0 Å². The molecular weight excluding hydrogens is 234 g/mol. The lowest BCUT2D eigenvalue weighted by atomic mass is 10.2. The third kappa shape index (κ3) is 2.34. The van der Waals surface area contributed by atoms with Gasteiger partial charge in [0.05, 0.1) is 12.2 Å². The Bertz CT molecular complexity index is 580. The normalized spacial score (nSPS) is 10.5. The Morgan fingerprint density at radius 1 is 1.50 bits per heavy atom. The molecule has 2 heterocycles. The SMILES string of the molecule is CCc1cc(C=O)n(Cc2ccc(C(=O)O)o2)c1. The second-order valence-electron chi connectivity index (χ2n) is 3.94. The highest BCUT2D eigenvalue weighted by Crippen LogP contribution is 2.13. The zero-order valence-corrected chi connectivity index (χ0v) is 9.92. The van der Waals surface area contributed by atoms with Gasteiger partial charge in [0, 0.05) is 6.20 Å². The number of carbonyl (C=O) groups excluding carboxylic acids is 1. The van der Waals surface area contributed by atoms with Crippen molar-refractivity contribution in [2.75, 3.05) is 0 Å². The van der Waals surface area contributed by atoms with Crippen molar-refractivity contribution in [2.24, 2.45) is 0 Å². The number of rotatable bonds is 5. The molecule has 0 radical (unpaired) electrons. The second kappa shape index (κ2) is 4.91. The number of carboxylic acid groups (broad SMARTS) is 1. The predicted molar refractivity (Wildman–Crippen MR) is 64.0 cm³/mol. The summed E-state index contributed by atoms with van der Waals surface area (Å²) in [7, 11) is 0. The van der Waals surface area contributed by atoms with Crippen LogP contribution >= 0.6 is 0 Å². The van der Waals surface area contributed by atoms with Crippen LogP contribution in [0.1, 0.15) is 39.3 Å². The third-order valence-electron chi connectivity index (χ3n) is 2.71. The van der Waals surface area contributed by atoms with Crippen LogP contribution in [-0.4, -0.2) is 21.9 Å². The van der Waals surface area contributed by atoms with Gasteiger partial charge in [0.25, 0.3) is 0 Å².